The Morgan fingerprint density at radius 2 is 1.79 bits per heavy atom. The molecule has 4 heteroatoms. The zero-order valence-corrected chi connectivity index (χ0v) is 17.2. The second kappa shape index (κ2) is 9.67. The summed E-state index contributed by atoms with van der Waals surface area (Å²) in [5.74, 6) is 0.0751. The van der Waals surface area contributed by atoms with Crippen molar-refractivity contribution in [3.8, 4) is 0 Å². The number of carbonyl (C=O) groups excluding carboxylic acids is 1. The SMILES string of the molecule is Cc1ccc(C)c(NC(=O)[C@H](C)N2CCN(C/C=C/c3ccccc3)CC2)c1. The maximum absolute atomic E-state index is 12.7. The summed E-state index contributed by atoms with van der Waals surface area (Å²) in [6, 6.07) is 16.4. The van der Waals surface area contributed by atoms with Crippen LogP contribution in [0.5, 0.6) is 0 Å². The normalized spacial score (nSPS) is 17.0. The fourth-order valence-electron chi connectivity index (χ4n) is 3.51. The van der Waals surface area contributed by atoms with Gasteiger partial charge in [-0.15, -0.1) is 0 Å². The highest BCUT2D eigenvalue weighted by Gasteiger charge is 2.25. The first-order valence-corrected chi connectivity index (χ1v) is 10.1. The van der Waals surface area contributed by atoms with Gasteiger partial charge in [0, 0.05) is 38.4 Å². The third-order valence-corrected chi connectivity index (χ3v) is 5.46. The molecular formula is C24H31N3O. The number of piperazine rings is 1. The van der Waals surface area contributed by atoms with Gasteiger partial charge in [0.1, 0.15) is 0 Å². The molecule has 2 aromatic carbocycles. The zero-order chi connectivity index (χ0) is 19.9. The lowest BCUT2D eigenvalue weighted by molar-refractivity contribution is -0.121. The predicted molar refractivity (Wildman–Crippen MR) is 117 cm³/mol. The highest BCUT2D eigenvalue weighted by Crippen LogP contribution is 2.17. The molecule has 1 heterocycles. The largest absolute Gasteiger partial charge is 0.324 e. The van der Waals surface area contributed by atoms with E-state index in [2.05, 4.69) is 63.7 Å². The van der Waals surface area contributed by atoms with Crippen LogP contribution in [0.1, 0.15) is 23.6 Å². The smallest absolute Gasteiger partial charge is 0.241 e. The number of anilines is 1. The van der Waals surface area contributed by atoms with E-state index in [9.17, 15) is 4.79 Å². The van der Waals surface area contributed by atoms with Gasteiger partial charge in [0.25, 0.3) is 0 Å². The quantitative estimate of drug-likeness (QED) is 0.828. The Bertz CT molecular complexity index is 808. The molecule has 1 fully saturated rings. The molecule has 0 spiro atoms. The minimum absolute atomic E-state index is 0.0751. The molecule has 1 saturated heterocycles. The van der Waals surface area contributed by atoms with Crippen LogP contribution >= 0.6 is 0 Å². The van der Waals surface area contributed by atoms with Gasteiger partial charge in [0.05, 0.1) is 6.04 Å². The molecule has 0 radical (unpaired) electrons. The predicted octanol–water partition coefficient (Wildman–Crippen LogP) is 3.96. The van der Waals surface area contributed by atoms with Crippen LogP contribution in [0.4, 0.5) is 5.69 Å². The summed E-state index contributed by atoms with van der Waals surface area (Å²) in [6.07, 6.45) is 4.40. The van der Waals surface area contributed by atoms with Crippen molar-refractivity contribution in [3.05, 3.63) is 71.3 Å². The Labute approximate surface area is 168 Å². The van der Waals surface area contributed by atoms with Crippen molar-refractivity contribution in [3.63, 3.8) is 0 Å². The first-order valence-electron chi connectivity index (χ1n) is 10.1. The Kier molecular flexibility index (Phi) is 7.01. The molecule has 0 aromatic heterocycles. The van der Waals surface area contributed by atoms with Crippen LogP contribution in [0.2, 0.25) is 0 Å². The number of nitrogens with zero attached hydrogens (tertiary/aromatic N) is 2. The van der Waals surface area contributed by atoms with Crippen LogP contribution in [-0.4, -0.2) is 54.5 Å². The number of hydrogen-bond donors (Lipinski definition) is 1. The molecule has 1 aliphatic heterocycles. The number of hydrogen-bond acceptors (Lipinski definition) is 3. The average molecular weight is 378 g/mol. The van der Waals surface area contributed by atoms with E-state index < -0.39 is 0 Å². The van der Waals surface area contributed by atoms with E-state index in [1.807, 2.05) is 32.9 Å². The van der Waals surface area contributed by atoms with Crippen LogP contribution in [0.15, 0.2) is 54.6 Å². The topological polar surface area (TPSA) is 35.6 Å². The number of rotatable bonds is 6. The number of nitrogens with one attached hydrogen (secondary N) is 1. The summed E-state index contributed by atoms with van der Waals surface area (Å²) < 4.78 is 0. The van der Waals surface area contributed by atoms with Crippen molar-refractivity contribution in [2.75, 3.05) is 38.0 Å². The van der Waals surface area contributed by atoms with E-state index in [0.29, 0.717) is 0 Å². The van der Waals surface area contributed by atoms with Gasteiger partial charge in [-0.1, -0.05) is 54.6 Å². The molecular weight excluding hydrogens is 346 g/mol. The Balaban J connectivity index is 1.46. The monoisotopic (exact) mass is 377 g/mol. The molecule has 1 atom stereocenters. The van der Waals surface area contributed by atoms with Crippen LogP contribution in [0.3, 0.4) is 0 Å². The standard InChI is InChI=1S/C24H31N3O/c1-19-11-12-20(2)23(18-19)25-24(28)21(3)27-16-14-26(15-17-27)13-7-10-22-8-5-4-6-9-22/h4-12,18,21H,13-17H2,1-3H3,(H,25,28)/b10-7+/t21-/m0/s1. The van der Waals surface area contributed by atoms with Gasteiger partial charge >= 0.3 is 0 Å². The van der Waals surface area contributed by atoms with E-state index in [1.54, 1.807) is 0 Å². The summed E-state index contributed by atoms with van der Waals surface area (Å²) in [6.45, 7) is 10.8. The van der Waals surface area contributed by atoms with E-state index in [0.717, 1.165) is 49.5 Å². The number of amides is 1. The molecule has 0 aliphatic carbocycles. The third kappa shape index (κ3) is 5.54. The van der Waals surface area contributed by atoms with Crippen LogP contribution in [0, 0.1) is 13.8 Å². The Morgan fingerprint density at radius 1 is 1.07 bits per heavy atom. The minimum Gasteiger partial charge on any atom is -0.324 e. The second-order valence-electron chi connectivity index (χ2n) is 7.63. The molecule has 1 amide bonds. The first kappa shape index (κ1) is 20.3. The van der Waals surface area contributed by atoms with Crippen molar-refractivity contribution < 1.29 is 4.79 Å². The first-order chi connectivity index (χ1) is 13.5. The maximum Gasteiger partial charge on any atom is 0.241 e. The molecule has 3 rings (SSSR count). The second-order valence-corrected chi connectivity index (χ2v) is 7.63. The van der Waals surface area contributed by atoms with Gasteiger partial charge in [0.2, 0.25) is 5.91 Å². The minimum atomic E-state index is -0.123. The molecule has 0 saturated carbocycles. The van der Waals surface area contributed by atoms with E-state index >= 15 is 0 Å². The highest BCUT2D eigenvalue weighted by atomic mass is 16.2. The fourth-order valence-corrected chi connectivity index (χ4v) is 3.51. The lowest BCUT2D eigenvalue weighted by Crippen LogP contribution is -2.52. The van der Waals surface area contributed by atoms with E-state index in [1.165, 1.54) is 5.56 Å². The van der Waals surface area contributed by atoms with Gasteiger partial charge in [-0.05, 0) is 43.5 Å². The summed E-state index contributed by atoms with van der Waals surface area (Å²) >= 11 is 0. The van der Waals surface area contributed by atoms with Crippen LogP contribution < -0.4 is 5.32 Å². The molecule has 4 nitrogen and oxygen atoms in total. The number of benzene rings is 2. The molecule has 0 bridgehead atoms. The molecule has 1 aliphatic rings. The van der Waals surface area contributed by atoms with E-state index in [4.69, 9.17) is 0 Å². The molecule has 148 valence electrons. The average Bonchev–Trinajstić information content (AvgIpc) is 2.71. The molecule has 1 N–H and O–H groups in total. The summed E-state index contributed by atoms with van der Waals surface area (Å²) in [4.78, 5) is 17.4. The van der Waals surface area contributed by atoms with Gasteiger partial charge < -0.3 is 5.32 Å². The lowest BCUT2D eigenvalue weighted by atomic mass is 10.1. The van der Waals surface area contributed by atoms with E-state index in [-0.39, 0.29) is 11.9 Å². The summed E-state index contributed by atoms with van der Waals surface area (Å²) in [7, 11) is 0. The lowest BCUT2D eigenvalue weighted by Gasteiger charge is -2.37. The van der Waals surface area contributed by atoms with Gasteiger partial charge in [-0.3, -0.25) is 14.6 Å². The molecule has 28 heavy (non-hydrogen) atoms. The fraction of sp³-hybridized carbons (Fsp3) is 0.375. The highest BCUT2D eigenvalue weighted by molar-refractivity contribution is 5.95. The zero-order valence-electron chi connectivity index (χ0n) is 17.2. The summed E-state index contributed by atoms with van der Waals surface area (Å²) in [5.41, 5.74) is 4.41. The van der Waals surface area contributed by atoms with Gasteiger partial charge in [0.15, 0.2) is 0 Å². The van der Waals surface area contributed by atoms with Crippen molar-refractivity contribution in [1.29, 1.82) is 0 Å². The van der Waals surface area contributed by atoms with Gasteiger partial charge in [-0.2, -0.15) is 0 Å². The van der Waals surface area contributed by atoms with Crippen LogP contribution in [-0.2, 0) is 4.79 Å². The van der Waals surface area contributed by atoms with Gasteiger partial charge in [-0.25, -0.2) is 0 Å². The maximum atomic E-state index is 12.7. The number of aryl methyl sites for hydroxylation is 2. The Morgan fingerprint density at radius 3 is 2.50 bits per heavy atom. The third-order valence-electron chi connectivity index (χ3n) is 5.46. The van der Waals surface area contributed by atoms with Crippen molar-refractivity contribution in [2.45, 2.75) is 26.8 Å². The summed E-state index contributed by atoms with van der Waals surface area (Å²) in [5, 5.41) is 3.11. The van der Waals surface area contributed by atoms with Crippen LogP contribution in [0.25, 0.3) is 6.08 Å². The van der Waals surface area contributed by atoms with Crippen molar-refractivity contribution in [2.24, 2.45) is 0 Å². The number of carbonyl (C=O) groups is 1. The Hall–Kier alpha value is -2.43. The molecule has 0 unspecified atom stereocenters. The van der Waals surface area contributed by atoms with Crippen molar-refractivity contribution >= 4 is 17.7 Å². The molecule has 2 aromatic rings. The van der Waals surface area contributed by atoms with Crippen molar-refractivity contribution in [1.82, 2.24) is 9.80 Å².